The Hall–Kier alpha value is -2.65. The molecule has 31 heavy (non-hydrogen) atoms. The number of halogens is 1. The lowest BCUT2D eigenvalue weighted by Gasteiger charge is -2.36. The van der Waals surface area contributed by atoms with E-state index in [0.29, 0.717) is 40.8 Å². The third-order valence-electron chi connectivity index (χ3n) is 4.70. The van der Waals surface area contributed by atoms with Crippen LogP contribution in [0.4, 0.5) is 4.39 Å². The molecule has 0 radical (unpaired) electrons. The Balaban J connectivity index is 1.97. The van der Waals surface area contributed by atoms with Crippen molar-refractivity contribution in [2.24, 2.45) is 4.99 Å². The summed E-state index contributed by atoms with van der Waals surface area (Å²) in [6.45, 7) is 6.08. The van der Waals surface area contributed by atoms with Gasteiger partial charge in [-0.05, 0) is 43.9 Å². The van der Waals surface area contributed by atoms with Gasteiger partial charge in [0.25, 0.3) is 0 Å². The molecule has 1 aromatic rings. The number of fused-ring (bicyclic) bond motifs is 1. The minimum absolute atomic E-state index is 0.0904. The number of benzene rings is 1. The molecule has 2 aliphatic heterocycles. The second-order valence-electron chi connectivity index (χ2n) is 7.42. The zero-order valence-corrected chi connectivity index (χ0v) is 18.8. The average Bonchev–Trinajstić information content (AvgIpc) is 3.08. The predicted molar refractivity (Wildman–Crippen MR) is 118 cm³/mol. The lowest BCUT2D eigenvalue weighted by Crippen LogP contribution is -2.38. The van der Waals surface area contributed by atoms with Crippen LogP contribution in [0.2, 0.25) is 0 Å². The van der Waals surface area contributed by atoms with Crippen molar-refractivity contribution in [3.63, 3.8) is 0 Å². The molecule has 1 aromatic carbocycles. The Bertz CT molecular complexity index is 958. The van der Waals surface area contributed by atoms with Crippen LogP contribution in [0.25, 0.3) is 0 Å². The summed E-state index contributed by atoms with van der Waals surface area (Å²) in [4.78, 5) is 31.8. The number of thioether (sulfide) groups is 1. The van der Waals surface area contributed by atoms with Crippen molar-refractivity contribution in [3.05, 3.63) is 58.0 Å². The number of hydrogen-bond donors (Lipinski definition) is 1. The van der Waals surface area contributed by atoms with Crippen LogP contribution >= 0.6 is 11.8 Å². The highest BCUT2D eigenvalue weighted by atomic mass is 32.2. The van der Waals surface area contributed by atoms with Gasteiger partial charge in [0.1, 0.15) is 5.82 Å². The van der Waals surface area contributed by atoms with Gasteiger partial charge in [-0.25, -0.2) is 14.2 Å². The first-order chi connectivity index (χ1) is 14.8. The monoisotopic (exact) mass is 447 g/mol. The first-order valence-corrected chi connectivity index (χ1v) is 10.9. The molecule has 0 spiro atoms. The van der Waals surface area contributed by atoms with E-state index in [4.69, 9.17) is 9.47 Å². The minimum atomic E-state index is -0.650. The van der Waals surface area contributed by atoms with Crippen LogP contribution in [-0.2, 0) is 19.1 Å². The minimum Gasteiger partial charge on any atom is -0.459 e. The van der Waals surface area contributed by atoms with Crippen molar-refractivity contribution >= 4 is 28.8 Å². The molecule has 1 amide bonds. The molecule has 1 N–H and O–H groups in total. The number of aliphatic imine (C=N–C) groups is 1. The molecule has 166 valence electrons. The highest BCUT2D eigenvalue weighted by Gasteiger charge is 2.41. The van der Waals surface area contributed by atoms with E-state index in [9.17, 15) is 14.0 Å². The molecule has 3 rings (SSSR count). The van der Waals surface area contributed by atoms with Gasteiger partial charge in [0.15, 0.2) is 5.17 Å². The van der Waals surface area contributed by atoms with Gasteiger partial charge < -0.3 is 19.7 Å². The number of methoxy groups -OCH3 is 1. The number of esters is 1. The summed E-state index contributed by atoms with van der Waals surface area (Å²) in [7, 11) is 1.56. The van der Waals surface area contributed by atoms with Crippen molar-refractivity contribution in [2.45, 2.75) is 39.3 Å². The molecule has 0 aromatic heterocycles. The molecular formula is C22H26FN3O4S. The maximum absolute atomic E-state index is 14.1. The molecule has 9 heteroatoms. The Morgan fingerprint density at radius 2 is 2.13 bits per heavy atom. The normalized spacial score (nSPS) is 18.0. The van der Waals surface area contributed by atoms with Crippen molar-refractivity contribution in [3.8, 4) is 0 Å². The number of amides is 1. The van der Waals surface area contributed by atoms with Crippen LogP contribution < -0.4 is 5.32 Å². The van der Waals surface area contributed by atoms with Gasteiger partial charge in [-0.15, -0.1) is 0 Å². The van der Waals surface area contributed by atoms with Gasteiger partial charge >= 0.3 is 5.97 Å². The van der Waals surface area contributed by atoms with Crippen LogP contribution in [0.1, 0.15) is 38.8 Å². The van der Waals surface area contributed by atoms with Gasteiger partial charge in [-0.3, -0.25) is 4.79 Å². The molecule has 0 saturated carbocycles. The fourth-order valence-corrected chi connectivity index (χ4v) is 4.38. The van der Waals surface area contributed by atoms with Crippen LogP contribution in [0.5, 0.6) is 0 Å². The highest BCUT2D eigenvalue weighted by molar-refractivity contribution is 8.16. The number of nitrogens with one attached hydrogen (secondary N) is 1. The number of hydrogen-bond acceptors (Lipinski definition) is 7. The van der Waals surface area contributed by atoms with E-state index in [2.05, 4.69) is 10.3 Å². The van der Waals surface area contributed by atoms with Crippen molar-refractivity contribution in [2.75, 3.05) is 20.3 Å². The molecule has 2 heterocycles. The number of carbonyl (C=O) groups is 2. The first-order valence-electron chi connectivity index (χ1n) is 9.98. The zero-order chi connectivity index (χ0) is 22.5. The standard InChI is InChI=1S/C22H26FN3O4S/c1-13(2)30-21(28)19-14(3)25-22-26(20(19)15-6-5-7-16(23)10-15)17(12-31-22)11-18(27)24-8-9-29-4/h5-7,10,12-13,20H,8-9,11H2,1-4H3,(H,24,27)/t20-/m0/s1. The van der Waals surface area contributed by atoms with Crippen molar-refractivity contribution in [1.82, 2.24) is 10.2 Å². The molecule has 2 aliphatic rings. The first kappa shape index (κ1) is 23.0. The topological polar surface area (TPSA) is 80.2 Å². The van der Waals surface area contributed by atoms with E-state index in [0.717, 1.165) is 0 Å². The molecule has 0 aliphatic carbocycles. The number of nitrogens with zero attached hydrogens (tertiary/aromatic N) is 2. The summed E-state index contributed by atoms with van der Waals surface area (Å²) in [5.41, 5.74) is 2.10. The number of rotatable bonds is 8. The SMILES string of the molecule is COCCNC(=O)CC1=CSC2=NC(C)=C(C(=O)OC(C)C)[C@H](c3cccc(F)c3)N12. The summed E-state index contributed by atoms with van der Waals surface area (Å²) in [6, 6.07) is 5.45. The lowest BCUT2D eigenvalue weighted by molar-refractivity contribution is -0.143. The fourth-order valence-electron chi connectivity index (χ4n) is 3.42. The molecule has 0 bridgehead atoms. The summed E-state index contributed by atoms with van der Waals surface area (Å²) >= 11 is 1.37. The number of allylic oxidation sites excluding steroid dienone is 1. The third-order valence-corrected chi connectivity index (χ3v) is 5.59. The Morgan fingerprint density at radius 3 is 2.81 bits per heavy atom. The summed E-state index contributed by atoms with van der Waals surface area (Å²) in [5, 5.41) is 5.26. The van der Waals surface area contributed by atoms with Crippen molar-refractivity contribution < 1.29 is 23.5 Å². The van der Waals surface area contributed by atoms with E-state index in [1.807, 2.05) is 10.3 Å². The summed E-state index contributed by atoms with van der Waals surface area (Å²) in [5.74, 6) is -1.10. The van der Waals surface area contributed by atoms with E-state index in [1.54, 1.807) is 40.0 Å². The maximum atomic E-state index is 14.1. The molecule has 7 nitrogen and oxygen atoms in total. The van der Waals surface area contributed by atoms with E-state index in [-0.39, 0.29) is 18.4 Å². The Kier molecular flexibility index (Phi) is 7.50. The molecule has 0 saturated heterocycles. The maximum Gasteiger partial charge on any atom is 0.338 e. The van der Waals surface area contributed by atoms with Gasteiger partial charge in [0, 0.05) is 19.4 Å². The third kappa shape index (κ3) is 5.34. The predicted octanol–water partition coefficient (Wildman–Crippen LogP) is 3.50. The van der Waals surface area contributed by atoms with E-state index < -0.39 is 17.8 Å². The van der Waals surface area contributed by atoms with Crippen LogP contribution in [0.15, 0.2) is 51.6 Å². The molecule has 0 unspecified atom stereocenters. The number of carbonyl (C=O) groups excluding carboxylic acids is 2. The largest absolute Gasteiger partial charge is 0.459 e. The number of ether oxygens (including phenoxy) is 2. The van der Waals surface area contributed by atoms with Gasteiger partial charge in [0.2, 0.25) is 5.91 Å². The van der Waals surface area contributed by atoms with Crippen molar-refractivity contribution in [1.29, 1.82) is 0 Å². The molecule has 0 fully saturated rings. The van der Waals surface area contributed by atoms with Gasteiger partial charge in [0.05, 0.1) is 36.4 Å². The van der Waals surface area contributed by atoms with Gasteiger partial charge in [-0.1, -0.05) is 23.9 Å². The quantitative estimate of drug-likeness (QED) is 0.485. The second kappa shape index (κ2) is 10.1. The lowest BCUT2D eigenvalue weighted by atomic mass is 9.93. The summed E-state index contributed by atoms with van der Waals surface area (Å²) in [6.07, 6.45) is -0.228. The van der Waals surface area contributed by atoms with Crippen LogP contribution in [0.3, 0.4) is 0 Å². The smallest absolute Gasteiger partial charge is 0.338 e. The van der Waals surface area contributed by atoms with Gasteiger partial charge in [-0.2, -0.15) is 0 Å². The fraction of sp³-hybridized carbons (Fsp3) is 0.409. The Labute approximate surface area is 185 Å². The van der Waals surface area contributed by atoms with Crippen LogP contribution in [0, 0.1) is 5.82 Å². The highest BCUT2D eigenvalue weighted by Crippen LogP contribution is 2.44. The zero-order valence-electron chi connectivity index (χ0n) is 18.0. The van der Waals surface area contributed by atoms with E-state index >= 15 is 0 Å². The average molecular weight is 448 g/mol. The molecule has 1 atom stereocenters. The summed E-state index contributed by atoms with van der Waals surface area (Å²) < 4.78 is 24.5. The van der Waals surface area contributed by atoms with E-state index in [1.165, 1.54) is 23.9 Å². The number of amidine groups is 1. The Morgan fingerprint density at radius 1 is 1.35 bits per heavy atom. The second-order valence-corrected chi connectivity index (χ2v) is 8.26. The van der Waals surface area contributed by atoms with Crippen LogP contribution in [-0.4, -0.2) is 48.3 Å². The molecular weight excluding hydrogens is 421 g/mol.